The Morgan fingerprint density at radius 2 is 2.00 bits per heavy atom. The van der Waals surface area contributed by atoms with Crippen molar-refractivity contribution in [2.45, 2.75) is 46.3 Å². The first kappa shape index (κ1) is 14.5. The predicted molar refractivity (Wildman–Crippen MR) is 68.9 cm³/mol. The number of rotatable bonds is 3. The summed E-state index contributed by atoms with van der Waals surface area (Å²) in [4.78, 5) is 0. The van der Waals surface area contributed by atoms with Crippen molar-refractivity contribution in [3.8, 4) is 0 Å². The van der Waals surface area contributed by atoms with Gasteiger partial charge in [-0.15, -0.1) is 0 Å². The first-order valence-electron chi connectivity index (χ1n) is 5.77. The fourth-order valence-electron chi connectivity index (χ4n) is 1.86. The Kier molecular flexibility index (Phi) is 3.89. The zero-order valence-corrected chi connectivity index (χ0v) is 11.8. The van der Waals surface area contributed by atoms with Crippen LogP contribution in [0.15, 0.2) is 6.20 Å². The van der Waals surface area contributed by atoms with E-state index in [1.165, 1.54) is 6.20 Å². The molecule has 1 heterocycles. The SMILES string of the molecule is CC(C)n1ncc(Cl)c1C(F)(CN)C(C)(C)C. The monoisotopic (exact) mass is 261 g/mol. The number of nitrogens with two attached hydrogens (primary N) is 1. The van der Waals surface area contributed by atoms with Gasteiger partial charge in [0.05, 0.1) is 16.9 Å². The summed E-state index contributed by atoms with van der Waals surface area (Å²) in [5.41, 5.74) is 3.70. The summed E-state index contributed by atoms with van der Waals surface area (Å²) in [5.74, 6) is 0. The highest BCUT2D eigenvalue weighted by atomic mass is 35.5. The van der Waals surface area contributed by atoms with Crippen molar-refractivity contribution in [3.05, 3.63) is 16.9 Å². The van der Waals surface area contributed by atoms with Crippen molar-refractivity contribution in [2.75, 3.05) is 6.54 Å². The summed E-state index contributed by atoms with van der Waals surface area (Å²) >= 11 is 6.08. The van der Waals surface area contributed by atoms with Crippen molar-refractivity contribution in [2.24, 2.45) is 11.1 Å². The van der Waals surface area contributed by atoms with Gasteiger partial charge in [0.25, 0.3) is 0 Å². The summed E-state index contributed by atoms with van der Waals surface area (Å²) in [6, 6.07) is 0.0431. The van der Waals surface area contributed by atoms with Gasteiger partial charge in [-0.1, -0.05) is 32.4 Å². The highest BCUT2D eigenvalue weighted by Gasteiger charge is 2.47. The molecule has 0 spiro atoms. The summed E-state index contributed by atoms with van der Waals surface area (Å²) in [6.07, 6.45) is 1.48. The summed E-state index contributed by atoms with van der Waals surface area (Å²) in [6.45, 7) is 9.20. The molecule has 1 aromatic rings. The van der Waals surface area contributed by atoms with Crippen molar-refractivity contribution in [1.82, 2.24) is 9.78 Å². The summed E-state index contributed by atoms with van der Waals surface area (Å²) < 4.78 is 16.8. The van der Waals surface area contributed by atoms with Gasteiger partial charge in [0.1, 0.15) is 0 Å². The molecule has 1 atom stereocenters. The van der Waals surface area contributed by atoms with E-state index in [2.05, 4.69) is 5.10 Å². The fourth-order valence-corrected chi connectivity index (χ4v) is 2.14. The molecular formula is C12H21ClFN3. The molecule has 2 N–H and O–H groups in total. The van der Waals surface area contributed by atoms with Crippen molar-refractivity contribution in [1.29, 1.82) is 0 Å². The van der Waals surface area contributed by atoms with Gasteiger partial charge in [0.15, 0.2) is 5.67 Å². The third-order valence-electron chi connectivity index (χ3n) is 3.09. The number of aromatic nitrogens is 2. The molecule has 0 aliphatic carbocycles. The molecule has 17 heavy (non-hydrogen) atoms. The molecule has 98 valence electrons. The summed E-state index contributed by atoms with van der Waals surface area (Å²) in [7, 11) is 0. The van der Waals surface area contributed by atoms with Crippen LogP contribution >= 0.6 is 11.6 Å². The van der Waals surface area contributed by atoms with Crippen LogP contribution in [0.5, 0.6) is 0 Å². The highest BCUT2D eigenvalue weighted by Crippen LogP contribution is 2.45. The topological polar surface area (TPSA) is 43.8 Å². The van der Waals surface area contributed by atoms with Crippen molar-refractivity contribution in [3.63, 3.8) is 0 Å². The van der Waals surface area contributed by atoms with Gasteiger partial charge in [-0.3, -0.25) is 4.68 Å². The lowest BCUT2D eigenvalue weighted by Crippen LogP contribution is -2.44. The molecule has 1 unspecified atom stereocenters. The normalized spacial score (nSPS) is 16.3. The zero-order chi connectivity index (χ0) is 13.4. The van der Waals surface area contributed by atoms with E-state index in [1.807, 2.05) is 34.6 Å². The maximum Gasteiger partial charge on any atom is 0.170 e. The Morgan fingerprint density at radius 1 is 1.47 bits per heavy atom. The van der Waals surface area contributed by atoms with E-state index < -0.39 is 11.1 Å². The van der Waals surface area contributed by atoms with Gasteiger partial charge >= 0.3 is 0 Å². The van der Waals surface area contributed by atoms with Crippen LogP contribution < -0.4 is 5.73 Å². The van der Waals surface area contributed by atoms with E-state index >= 15 is 4.39 Å². The number of hydrogen-bond donors (Lipinski definition) is 1. The number of halogens is 2. The van der Waals surface area contributed by atoms with Gasteiger partial charge in [0, 0.05) is 18.0 Å². The van der Waals surface area contributed by atoms with E-state index in [9.17, 15) is 0 Å². The first-order valence-corrected chi connectivity index (χ1v) is 6.15. The van der Waals surface area contributed by atoms with E-state index in [-0.39, 0.29) is 12.6 Å². The molecule has 0 saturated carbocycles. The lowest BCUT2D eigenvalue weighted by molar-refractivity contribution is 0.0242. The molecule has 5 heteroatoms. The van der Waals surface area contributed by atoms with Crippen LogP contribution in [0.4, 0.5) is 4.39 Å². The Balaban J connectivity index is 3.44. The molecule has 0 aliphatic heterocycles. The van der Waals surface area contributed by atoms with E-state index in [0.717, 1.165) is 0 Å². The Bertz CT molecular complexity index is 395. The van der Waals surface area contributed by atoms with Crippen molar-refractivity contribution < 1.29 is 4.39 Å². The second-order valence-electron chi connectivity index (χ2n) is 5.63. The average Bonchev–Trinajstić information content (AvgIpc) is 2.57. The predicted octanol–water partition coefficient (Wildman–Crippen LogP) is 3.29. The second-order valence-corrected chi connectivity index (χ2v) is 6.04. The average molecular weight is 262 g/mol. The molecule has 0 radical (unpaired) electrons. The quantitative estimate of drug-likeness (QED) is 0.907. The van der Waals surface area contributed by atoms with Crippen LogP contribution in [0.3, 0.4) is 0 Å². The molecule has 0 fully saturated rings. The summed E-state index contributed by atoms with van der Waals surface area (Å²) in [5, 5.41) is 4.47. The molecule has 0 amide bonds. The van der Waals surface area contributed by atoms with Crippen LogP contribution in [0.2, 0.25) is 5.02 Å². The fraction of sp³-hybridized carbons (Fsp3) is 0.750. The van der Waals surface area contributed by atoms with Crippen LogP contribution in [0.25, 0.3) is 0 Å². The van der Waals surface area contributed by atoms with Crippen LogP contribution in [-0.4, -0.2) is 16.3 Å². The number of hydrogen-bond acceptors (Lipinski definition) is 2. The smallest absolute Gasteiger partial charge is 0.170 e. The van der Waals surface area contributed by atoms with Crippen molar-refractivity contribution >= 4 is 11.6 Å². The van der Waals surface area contributed by atoms with Crippen LogP contribution in [-0.2, 0) is 5.67 Å². The first-order chi connectivity index (χ1) is 7.65. The Hall–Kier alpha value is -0.610. The van der Waals surface area contributed by atoms with Gasteiger partial charge in [-0.05, 0) is 13.8 Å². The second kappa shape index (κ2) is 4.58. The molecule has 0 bridgehead atoms. The van der Waals surface area contributed by atoms with Crippen LogP contribution in [0, 0.1) is 5.41 Å². The number of nitrogens with zero attached hydrogens (tertiary/aromatic N) is 2. The van der Waals surface area contributed by atoms with Gasteiger partial charge in [-0.25, -0.2) is 4.39 Å². The minimum Gasteiger partial charge on any atom is -0.327 e. The third kappa shape index (κ3) is 2.33. The minimum absolute atomic E-state index is 0.0431. The molecule has 1 aromatic heterocycles. The van der Waals surface area contributed by atoms with Crippen LogP contribution in [0.1, 0.15) is 46.4 Å². The Morgan fingerprint density at radius 3 is 2.35 bits per heavy atom. The molecule has 1 rings (SSSR count). The highest BCUT2D eigenvalue weighted by molar-refractivity contribution is 6.31. The third-order valence-corrected chi connectivity index (χ3v) is 3.36. The lowest BCUT2D eigenvalue weighted by Gasteiger charge is -2.37. The number of alkyl halides is 1. The Labute approximate surface area is 107 Å². The molecule has 3 nitrogen and oxygen atoms in total. The lowest BCUT2D eigenvalue weighted by atomic mass is 9.75. The minimum atomic E-state index is -1.69. The van der Waals surface area contributed by atoms with E-state index in [4.69, 9.17) is 17.3 Å². The molecular weight excluding hydrogens is 241 g/mol. The van der Waals surface area contributed by atoms with Gasteiger partial charge in [0.2, 0.25) is 0 Å². The molecule has 0 saturated heterocycles. The van der Waals surface area contributed by atoms with E-state index in [0.29, 0.717) is 10.7 Å². The van der Waals surface area contributed by atoms with Gasteiger partial charge in [-0.2, -0.15) is 5.10 Å². The molecule has 0 aromatic carbocycles. The standard InChI is InChI=1S/C12H21ClFN3/c1-8(2)17-10(9(13)6-16-17)12(14,7-15)11(3,4)5/h6,8H,7,15H2,1-5H3. The zero-order valence-electron chi connectivity index (χ0n) is 11.1. The van der Waals surface area contributed by atoms with E-state index in [1.54, 1.807) is 4.68 Å². The van der Waals surface area contributed by atoms with Gasteiger partial charge < -0.3 is 5.73 Å². The molecule has 0 aliphatic rings. The largest absolute Gasteiger partial charge is 0.327 e. The maximum atomic E-state index is 15.2. The maximum absolute atomic E-state index is 15.2.